The molecule has 7 rings (SSSR count). The van der Waals surface area contributed by atoms with Gasteiger partial charge in [-0.1, -0.05) is 42.5 Å². The van der Waals surface area contributed by atoms with Crippen molar-refractivity contribution in [3.8, 4) is 11.6 Å². The number of aromatic nitrogens is 2. The minimum Gasteiger partial charge on any atom is -0.490 e. The zero-order valence-electron chi connectivity index (χ0n) is 30.8. The van der Waals surface area contributed by atoms with E-state index in [-0.39, 0.29) is 51.3 Å². The Labute approximate surface area is 321 Å². The Morgan fingerprint density at radius 3 is 2.78 bits per heavy atom. The molecule has 6 atom stereocenters. The normalized spacial score (nSPS) is 29.7. The van der Waals surface area contributed by atoms with Gasteiger partial charge in [-0.15, -0.1) is 5.10 Å². The summed E-state index contributed by atoms with van der Waals surface area (Å²) in [5.74, 6) is -2.59. The molecule has 54 heavy (non-hydrogen) atoms. The number of hydrogen-bond donors (Lipinski definition) is 3. The maximum atomic E-state index is 17.2. The van der Waals surface area contributed by atoms with Gasteiger partial charge in [0, 0.05) is 49.0 Å². The lowest BCUT2D eigenvalue weighted by atomic mass is 9.68. The van der Waals surface area contributed by atoms with Crippen molar-refractivity contribution in [3.05, 3.63) is 81.8 Å². The maximum Gasteiger partial charge on any atom is 0.262 e. The van der Waals surface area contributed by atoms with Crippen molar-refractivity contribution in [2.24, 2.45) is 24.8 Å². The van der Waals surface area contributed by atoms with Crippen molar-refractivity contribution in [2.75, 3.05) is 44.6 Å². The predicted molar refractivity (Wildman–Crippen MR) is 204 cm³/mol. The lowest BCUT2D eigenvalue weighted by Crippen LogP contribution is -2.49. The SMILES string of the molecule is COc1nn(C)cc1C(=O)N/C1=[S-](=O)/C[C@@H](C)[C@@H](OC)/C=C/[C@H](O)[C@@H]2CC[C@H]2CN2C[C@@]3(CCCc4cc(Cl)ccc43)COc3ccc(c(F)c32)C(=O)N1. The molecule has 1 fully saturated rings. The summed E-state index contributed by atoms with van der Waals surface area (Å²) in [5.41, 5.74) is 1.65. The van der Waals surface area contributed by atoms with Crippen LogP contribution in [0.5, 0.6) is 11.6 Å². The van der Waals surface area contributed by atoms with Gasteiger partial charge in [0.2, 0.25) is 5.88 Å². The van der Waals surface area contributed by atoms with Gasteiger partial charge >= 0.3 is 0 Å². The first-order valence-electron chi connectivity index (χ1n) is 18.3. The lowest BCUT2D eigenvalue weighted by Gasteiger charge is -2.45. The number of nitrogens with one attached hydrogen (secondary N) is 2. The summed E-state index contributed by atoms with van der Waals surface area (Å²) in [6, 6.07) is 8.86. The molecule has 4 aliphatic rings. The number of ether oxygens (including phenoxy) is 3. The number of amides is 2. The van der Waals surface area contributed by atoms with Crippen molar-refractivity contribution < 1.29 is 37.5 Å². The Morgan fingerprint density at radius 2 is 2.04 bits per heavy atom. The van der Waals surface area contributed by atoms with Crippen LogP contribution in [0, 0.1) is 23.6 Å². The van der Waals surface area contributed by atoms with Gasteiger partial charge < -0.3 is 39.1 Å². The Bertz CT molecular complexity index is 2070. The Balaban J connectivity index is 1.32. The van der Waals surface area contributed by atoms with Gasteiger partial charge in [0.25, 0.3) is 11.8 Å². The number of carbonyl (C=O) groups excluding carboxylic acids is 2. The van der Waals surface area contributed by atoms with Crippen LogP contribution in [0.4, 0.5) is 10.1 Å². The minimum absolute atomic E-state index is 0.0269. The molecule has 2 bridgehead atoms. The van der Waals surface area contributed by atoms with Gasteiger partial charge in [-0.2, -0.15) is 0 Å². The smallest absolute Gasteiger partial charge is 0.262 e. The van der Waals surface area contributed by atoms with Crippen LogP contribution in [0.1, 0.15) is 64.4 Å². The van der Waals surface area contributed by atoms with Gasteiger partial charge in [0.15, 0.2) is 5.82 Å². The lowest BCUT2D eigenvalue weighted by molar-refractivity contribution is 0.0436. The van der Waals surface area contributed by atoms with Crippen molar-refractivity contribution >= 4 is 44.6 Å². The van der Waals surface area contributed by atoms with Crippen LogP contribution in [-0.2, 0) is 38.2 Å². The summed E-state index contributed by atoms with van der Waals surface area (Å²) in [6.07, 6.45) is 7.81. The molecule has 0 radical (unpaired) electrons. The van der Waals surface area contributed by atoms with Crippen molar-refractivity contribution in [1.82, 2.24) is 20.4 Å². The number of aliphatic hydroxyl groups excluding tert-OH is 1. The number of benzene rings is 2. The molecule has 1 saturated carbocycles. The van der Waals surface area contributed by atoms with Crippen LogP contribution in [0.25, 0.3) is 0 Å². The predicted octanol–water partition coefficient (Wildman–Crippen LogP) is 4.51. The van der Waals surface area contributed by atoms with Crippen LogP contribution in [-0.4, -0.2) is 83.7 Å². The molecule has 2 aliphatic carbocycles. The zero-order chi connectivity index (χ0) is 38.3. The molecule has 2 aromatic carbocycles. The van der Waals surface area contributed by atoms with Crippen LogP contribution in [0.2, 0.25) is 5.02 Å². The van der Waals surface area contributed by atoms with E-state index in [0.717, 1.165) is 43.2 Å². The van der Waals surface area contributed by atoms with Crippen LogP contribution in [0.15, 0.2) is 48.7 Å². The summed E-state index contributed by atoms with van der Waals surface area (Å²) in [5, 5.41) is 21.0. The molecule has 0 unspecified atom stereocenters. The summed E-state index contributed by atoms with van der Waals surface area (Å²) in [6.45, 7) is 2.96. The molecule has 1 spiro atoms. The first-order valence-corrected chi connectivity index (χ1v) is 19.9. The number of halogens is 2. The average molecular weight is 783 g/mol. The first kappa shape index (κ1) is 38.2. The molecule has 290 valence electrons. The highest BCUT2D eigenvalue weighted by Crippen LogP contribution is 2.47. The van der Waals surface area contributed by atoms with Crippen molar-refractivity contribution in [2.45, 2.75) is 56.7 Å². The Hall–Kier alpha value is -4.11. The summed E-state index contributed by atoms with van der Waals surface area (Å²) < 4.78 is 50.0. The van der Waals surface area contributed by atoms with E-state index in [9.17, 15) is 18.9 Å². The molecule has 2 amide bonds. The van der Waals surface area contributed by atoms with Gasteiger partial charge in [-0.25, -0.2) is 14.8 Å². The highest BCUT2D eigenvalue weighted by atomic mass is 35.5. The Kier molecular flexibility index (Phi) is 11.0. The highest BCUT2D eigenvalue weighted by molar-refractivity contribution is 7.84. The zero-order valence-corrected chi connectivity index (χ0v) is 32.3. The molecule has 3 heterocycles. The fourth-order valence-electron chi connectivity index (χ4n) is 8.45. The molecule has 0 saturated heterocycles. The van der Waals surface area contributed by atoms with E-state index in [1.54, 1.807) is 25.3 Å². The van der Waals surface area contributed by atoms with Crippen molar-refractivity contribution in [1.29, 1.82) is 0 Å². The standard InChI is InChI=1S/C39H46ClFN5O7S/c1-22-19-54(50)38(43-36(49)28-18-45(2)44-37(28)52-4)42-35(48)27-10-13-32-34(33(27)41)46(17-24-7-9-26(24)30(47)12-14-31(22)51-3)20-39(21-53-32)15-5-6-23-16-25(40)8-11-29(23)39/h8,10-14,16,18,22,24,26,30-31,47H,5-7,9,15,17,19-21H2,1-4H3,(H,42,48)(H,43,49)/q-1/b14-12+/t22-,24+,26-,30+,31+,39+/m1/s1. The quantitative estimate of drug-likeness (QED) is 0.199. The van der Waals surface area contributed by atoms with Crippen LogP contribution in [0.3, 0.4) is 0 Å². The number of aliphatic hydroxyl groups is 1. The summed E-state index contributed by atoms with van der Waals surface area (Å²) >= 11 is 6.42. The fourth-order valence-corrected chi connectivity index (χ4v) is 9.89. The van der Waals surface area contributed by atoms with E-state index in [4.69, 9.17) is 25.8 Å². The Morgan fingerprint density at radius 1 is 1.22 bits per heavy atom. The second kappa shape index (κ2) is 15.6. The largest absolute Gasteiger partial charge is 0.490 e. The second-order valence-corrected chi connectivity index (χ2v) is 16.8. The summed E-state index contributed by atoms with van der Waals surface area (Å²) in [4.78, 5) is 29.6. The topological polar surface area (TPSA) is 144 Å². The molecule has 3 N–H and O–H groups in total. The number of rotatable bonds is 3. The van der Waals surface area contributed by atoms with E-state index in [1.165, 1.54) is 31.2 Å². The first-order chi connectivity index (χ1) is 25.9. The number of methoxy groups -OCH3 is 2. The van der Waals surface area contributed by atoms with E-state index < -0.39 is 45.6 Å². The minimum atomic E-state index is -2.01. The van der Waals surface area contributed by atoms with E-state index in [1.807, 2.05) is 30.0 Å². The molecule has 15 heteroatoms. The highest BCUT2D eigenvalue weighted by Gasteiger charge is 2.45. The molecule has 2 aliphatic heterocycles. The number of anilines is 1. The van der Waals surface area contributed by atoms with Gasteiger partial charge in [0.05, 0.1) is 31.5 Å². The van der Waals surface area contributed by atoms with Crippen LogP contribution >= 0.6 is 11.6 Å². The number of carbonyl (C=O) groups is 2. The van der Waals surface area contributed by atoms with E-state index in [0.29, 0.717) is 30.5 Å². The van der Waals surface area contributed by atoms with E-state index >= 15 is 4.39 Å². The monoisotopic (exact) mass is 782 g/mol. The molecule has 3 aromatic rings. The van der Waals surface area contributed by atoms with Gasteiger partial charge in [-0.3, -0.25) is 14.3 Å². The fraction of sp³-hybridized carbons (Fsp3) is 0.487. The molecule has 1 aromatic heterocycles. The third-order valence-electron chi connectivity index (χ3n) is 11.4. The third kappa shape index (κ3) is 7.33. The third-order valence-corrected chi connectivity index (χ3v) is 13.1. The molecular weight excluding hydrogens is 737 g/mol. The molecule has 12 nitrogen and oxygen atoms in total. The second-order valence-electron chi connectivity index (χ2n) is 14.9. The summed E-state index contributed by atoms with van der Waals surface area (Å²) in [7, 11) is 2.49. The molecular formula is C39H46ClFN5O7S-. The average Bonchev–Trinajstić information content (AvgIpc) is 3.44. The number of aryl methyl sites for hydroxylation is 2. The number of hydrogen-bond acceptors (Lipinski definition) is 10. The van der Waals surface area contributed by atoms with Crippen LogP contribution < -0.4 is 25.0 Å². The van der Waals surface area contributed by atoms with Crippen molar-refractivity contribution in [3.63, 3.8) is 0 Å². The van der Waals surface area contributed by atoms with Gasteiger partial charge in [-0.05, 0) is 85.3 Å². The van der Waals surface area contributed by atoms with Gasteiger partial charge in [0.1, 0.15) is 17.0 Å². The maximum absolute atomic E-state index is 17.2. The number of nitrogens with zero attached hydrogens (tertiary/aromatic N) is 3. The van der Waals surface area contributed by atoms with E-state index in [2.05, 4.69) is 15.7 Å². The number of fused-ring (bicyclic) bond motifs is 4.